The molecule has 0 bridgehead atoms. The van der Waals surface area contributed by atoms with Gasteiger partial charge in [-0.05, 0) is 0 Å². The standard InChI is InChI=1S/C8H13N3O3S/c1-11(5-7-3-9-10-4-7)8(12)6-15(2,13)14/h3-4H,5-6H2,1-2H3,(H,9,10). The largest absolute Gasteiger partial charge is 0.340 e. The molecule has 15 heavy (non-hydrogen) atoms. The van der Waals surface area contributed by atoms with Crippen molar-refractivity contribution < 1.29 is 13.2 Å². The molecular weight excluding hydrogens is 218 g/mol. The molecule has 1 amide bonds. The molecule has 0 unspecified atom stereocenters. The molecule has 0 aliphatic rings. The number of carbonyl (C=O) groups is 1. The van der Waals surface area contributed by atoms with E-state index in [4.69, 9.17) is 0 Å². The van der Waals surface area contributed by atoms with E-state index in [9.17, 15) is 13.2 Å². The van der Waals surface area contributed by atoms with Gasteiger partial charge in [-0.1, -0.05) is 0 Å². The Labute approximate surface area is 88.2 Å². The number of carbonyl (C=O) groups excluding carboxylic acids is 1. The van der Waals surface area contributed by atoms with Gasteiger partial charge in [-0.15, -0.1) is 0 Å². The summed E-state index contributed by atoms with van der Waals surface area (Å²) in [5, 5.41) is 6.34. The molecule has 0 aliphatic carbocycles. The van der Waals surface area contributed by atoms with Crippen molar-refractivity contribution in [1.29, 1.82) is 0 Å². The van der Waals surface area contributed by atoms with Crippen molar-refractivity contribution in [3.05, 3.63) is 18.0 Å². The highest BCUT2D eigenvalue weighted by Crippen LogP contribution is 2.00. The predicted molar refractivity (Wildman–Crippen MR) is 54.8 cm³/mol. The fraction of sp³-hybridized carbons (Fsp3) is 0.500. The van der Waals surface area contributed by atoms with Gasteiger partial charge in [0.15, 0.2) is 9.84 Å². The van der Waals surface area contributed by atoms with Gasteiger partial charge in [-0.25, -0.2) is 8.42 Å². The van der Waals surface area contributed by atoms with E-state index in [0.717, 1.165) is 11.8 Å². The number of hydrogen-bond acceptors (Lipinski definition) is 4. The maximum atomic E-state index is 11.4. The maximum absolute atomic E-state index is 11.4. The molecule has 0 fully saturated rings. The lowest BCUT2D eigenvalue weighted by Crippen LogP contribution is -2.31. The Morgan fingerprint density at radius 1 is 1.60 bits per heavy atom. The first-order valence-electron chi connectivity index (χ1n) is 4.28. The summed E-state index contributed by atoms with van der Waals surface area (Å²) >= 11 is 0. The topological polar surface area (TPSA) is 83.1 Å². The zero-order valence-corrected chi connectivity index (χ0v) is 9.41. The molecular formula is C8H13N3O3S. The van der Waals surface area contributed by atoms with E-state index in [1.54, 1.807) is 19.4 Å². The SMILES string of the molecule is CN(Cc1cn[nH]c1)C(=O)CS(C)(=O)=O. The van der Waals surface area contributed by atoms with Gasteiger partial charge in [-0.2, -0.15) is 5.10 Å². The summed E-state index contributed by atoms with van der Waals surface area (Å²) in [6.45, 7) is 0.352. The Kier molecular flexibility index (Phi) is 3.46. The van der Waals surface area contributed by atoms with Crippen LogP contribution in [0.15, 0.2) is 12.4 Å². The summed E-state index contributed by atoms with van der Waals surface area (Å²) in [6, 6.07) is 0. The molecule has 0 saturated heterocycles. The molecule has 1 rings (SSSR count). The molecule has 0 spiro atoms. The minimum Gasteiger partial charge on any atom is -0.340 e. The van der Waals surface area contributed by atoms with Crippen LogP contribution in [0.3, 0.4) is 0 Å². The summed E-state index contributed by atoms with van der Waals surface area (Å²) in [5.74, 6) is -0.875. The molecule has 7 heteroatoms. The van der Waals surface area contributed by atoms with E-state index in [0.29, 0.717) is 6.54 Å². The van der Waals surface area contributed by atoms with Crippen LogP contribution in [-0.2, 0) is 21.2 Å². The molecule has 6 nitrogen and oxygen atoms in total. The van der Waals surface area contributed by atoms with Gasteiger partial charge in [0, 0.05) is 31.6 Å². The smallest absolute Gasteiger partial charge is 0.237 e. The molecule has 0 atom stereocenters. The molecule has 0 aliphatic heterocycles. The van der Waals surface area contributed by atoms with Crippen LogP contribution in [0.2, 0.25) is 0 Å². The van der Waals surface area contributed by atoms with Gasteiger partial charge in [0.25, 0.3) is 0 Å². The first kappa shape index (κ1) is 11.7. The average molecular weight is 231 g/mol. The van der Waals surface area contributed by atoms with Crippen LogP contribution in [0.4, 0.5) is 0 Å². The van der Waals surface area contributed by atoms with Gasteiger partial charge in [0.05, 0.1) is 6.20 Å². The van der Waals surface area contributed by atoms with Crippen molar-refractivity contribution in [2.75, 3.05) is 19.1 Å². The van der Waals surface area contributed by atoms with Crippen molar-refractivity contribution in [2.24, 2.45) is 0 Å². The second-order valence-electron chi connectivity index (χ2n) is 3.43. The van der Waals surface area contributed by atoms with Gasteiger partial charge in [-0.3, -0.25) is 9.89 Å². The van der Waals surface area contributed by atoms with Crippen LogP contribution in [0, 0.1) is 0 Å². The maximum Gasteiger partial charge on any atom is 0.237 e. The number of amides is 1. The van der Waals surface area contributed by atoms with Crippen molar-refractivity contribution in [3.63, 3.8) is 0 Å². The van der Waals surface area contributed by atoms with Gasteiger partial charge >= 0.3 is 0 Å². The number of nitrogens with one attached hydrogen (secondary N) is 1. The highest BCUT2D eigenvalue weighted by Gasteiger charge is 2.15. The number of sulfone groups is 1. The zero-order chi connectivity index (χ0) is 11.5. The van der Waals surface area contributed by atoms with E-state index in [1.165, 1.54) is 4.90 Å². The first-order chi connectivity index (χ1) is 6.88. The molecule has 84 valence electrons. The van der Waals surface area contributed by atoms with E-state index in [-0.39, 0.29) is 0 Å². The minimum absolute atomic E-state index is 0.352. The Bertz CT molecular complexity index is 424. The number of nitrogens with zero attached hydrogens (tertiary/aromatic N) is 2. The van der Waals surface area contributed by atoms with Crippen molar-refractivity contribution in [1.82, 2.24) is 15.1 Å². The van der Waals surface area contributed by atoms with Crippen LogP contribution >= 0.6 is 0 Å². The van der Waals surface area contributed by atoms with Crippen LogP contribution in [0.1, 0.15) is 5.56 Å². The van der Waals surface area contributed by atoms with Crippen LogP contribution < -0.4 is 0 Å². The second-order valence-corrected chi connectivity index (χ2v) is 5.57. The monoisotopic (exact) mass is 231 g/mol. The number of H-pyrrole nitrogens is 1. The summed E-state index contributed by atoms with van der Waals surface area (Å²) in [4.78, 5) is 12.8. The Morgan fingerprint density at radius 2 is 2.27 bits per heavy atom. The van der Waals surface area contributed by atoms with Crippen molar-refractivity contribution in [2.45, 2.75) is 6.54 Å². The lowest BCUT2D eigenvalue weighted by atomic mass is 10.3. The molecule has 1 heterocycles. The average Bonchev–Trinajstić information content (AvgIpc) is 2.53. The second kappa shape index (κ2) is 4.43. The van der Waals surface area contributed by atoms with E-state index in [1.807, 2.05) is 0 Å². The lowest BCUT2D eigenvalue weighted by molar-refractivity contribution is -0.127. The molecule has 0 aromatic carbocycles. The Balaban J connectivity index is 2.54. The number of rotatable bonds is 4. The summed E-state index contributed by atoms with van der Waals surface area (Å²) < 4.78 is 21.8. The molecule has 1 N–H and O–H groups in total. The fourth-order valence-corrected chi connectivity index (χ4v) is 1.73. The summed E-state index contributed by atoms with van der Waals surface area (Å²) in [5.41, 5.74) is 0.833. The van der Waals surface area contributed by atoms with Crippen LogP contribution in [0.5, 0.6) is 0 Å². The van der Waals surface area contributed by atoms with Gasteiger partial charge in [0.2, 0.25) is 5.91 Å². The van der Waals surface area contributed by atoms with E-state index < -0.39 is 21.5 Å². The number of hydrogen-bond donors (Lipinski definition) is 1. The van der Waals surface area contributed by atoms with E-state index in [2.05, 4.69) is 10.2 Å². The van der Waals surface area contributed by atoms with Crippen LogP contribution in [-0.4, -0.2) is 48.5 Å². The third-order valence-corrected chi connectivity index (χ3v) is 2.56. The fourth-order valence-electron chi connectivity index (χ4n) is 1.06. The molecule has 1 aromatic rings. The minimum atomic E-state index is -3.26. The number of aromatic nitrogens is 2. The van der Waals surface area contributed by atoms with Gasteiger partial charge < -0.3 is 4.90 Å². The zero-order valence-electron chi connectivity index (χ0n) is 8.60. The van der Waals surface area contributed by atoms with Crippen molar-refractivity contribution >= 4 is 15.7 Å². The van der Waals surface area contributed by atoms with Crippen molar-refractivity contribution in [3.8, 4) is 0 Å². The molecule has 1 aromatic heterocycles. The van der Waals surface area contributed by atoms with Gasteiger partial charge in [0.1, 0.15) is 5.75 Å². The third kappa shape index (κ3) is 4.11. The molecule has 0 radical (unpaired) electrons. The quantitative estimate of drug-likeness (QED) is 0.751. The first-order valence-corrected chi connectivity index (χ1v) is 6.34. The highest BCUT2D eigenvalue weighted by molar-refractivity contribution is 7.91. The predicted octanol–water partition coefficient (Wildman–Crippen LogP) is -0.587. The third-order valence-electron chi connectivity index (χ3n) is 1.79. The normalized spacial score (nSPS) is 11.3. The number of aromatic amines is 1. The summed E-state index contributed by atoms with van der Waals surface area (Å²) in [7, 11) is -1.71. The lowest BCUT2D eigenvalue weighted by Gasteiger charge is -2.15. The molecule has 0 saturated carbocycles. The highest BCUT2D eigenvalue weighted by atomic mass is 32.2. The van der Waals surface area contributed by atoms with Crippen LogP contribution in [0.25, 0.3) is 0 Å². The van der Waals surface area contributed by atoms with E-state index >= 15 is 0 Å². The Hall–Kier alpha value is -1.37. The Morgan fingerprint density at radius 3 is 2.73 bits per heavy atom. The summed E-state index contributed by atoms with van der Waals surface area (Å²) in [6.07, 6.45) is 4.28.